The lowest BCUT2D eigenvalue weighted by atomic mass is 9.71. The van der Waals surface area contributed by atoms with Gasteiger partial charge in [0.15, 0.2) is 0 Å². The molecule has 3 rings (SSSR count). The summed E-state index contributed by atoms with van der Waals surface area (Å²) in [5.41, 5.74) is 8.11. The number of hydrogen-bond acceptors (Lipinski definition) is 3. The number of rotatable bonds is 4. The van der Waals surface area contributed by atoms with Crippen molar-refractivity contribution in [3.05, 3.63) is 35.4 Å². The molecule has 2 aliphatic carbocycles. The van der Waals surface area contributed by atoms with Gasteiger partial charge in [-0.05, 0) is 35.9 Å². The molecule has 128 valence electrons. The van der Waals surface area contributed by atoms with Crippen LogP contribution in [0.5, 0.6) is 0 Å². The number of nitrogens with one attached hydrogen (secondary N) is 1. The smallest absolute Gasteiger partial charge is 0.221 e. The molecular formula is C18H27ClN2O2. The SMILES string of the molecule is Cl.NCC1(CC(=O)N[C@H]2c3ccccc3C[C@H]2O)CCCCC1. The van der Waals surface area contributed by atoms with Crippen LogP contribution in [0.25, 0.3) is 0 Å². The summed E-state index contributed by atoms with van der Waals surface area (Å²) in [5, 5.41) is 13.3. The molecule has 0 radical (unpaired) electrons. The minimum atomic E-state index is -0.526. The van der Waals surface area contributed by atoms with E-state index >= 15 is 0 Å². The zero-order valence-corrected chi connectivity index (χ0v) is 14.3. The lowest BCUT2D eigenvalue weighted by Gasteiger charge is -2.36. The average Bonchev–Trinajstić information content (AvgIpc) is 2.84. The van der Waals surface area contributed by atoms with Gasteiger partial charge in [0.1, 0.15) is 0 Å². The summed E-state index contributed by atoms with van der Waals surface area (Å²) in [4.78, 5) is 12.5. The first kappa shape index (κ1) is 18.2. The first-order chi connectivity index (χ1) is 10.6. The highest BCUT2D eigenvalue weighted by atomic mass is 35.5. The summed E-state index contributed by atoms with van der Waals surface area (Å²) in [6.45, 7) is 0.574. The van der Waals surface area contributed by atoms with E-state index in [0.29, 0.717) is 19.4 Å². The summed E-state index contributed by atoms with van der Waals surface area (Å²) in [6.07, 6.45) is 6.23. The van der Waals surface area contributed by atoms with Gasteiger partial charge in [0.25, 0.3) is 0 Å². The average molecular weight is 339 g/mol. The van der Waals surface area contributed by atoms with E-state index in [9.17, 15) is 9.90 Å². The third kappa shape index (κ3) is 3.87. The standard InChI is InChI=1S/C18H26N2O2.ClH/c19-12-18(8-4-1-5-9-18)11-16(22)20-17-14-7-3-2-6-13(14)10-15(17)21;/h2-3,6-7,15,17,21H,1,4-5,8-12,19H2,(H,20,22);1H/t15-,17+;/m1./s1. The molecule has 4 nitrogen and oxygen atoms in total. The van der Waals surface area contributed by atoms with Crippen LogP contribution in [0.2, 0.25) is 0 Å². The Balaban J connectivity index is 0.00000192. The Bertz CT molecular complexity index is 544. The van der Waals surface area contributed by atoms with Crippen LogP contribution in [0.3, 0.4) is 0 Å². The molecule has 4 N–H and O–H groups in total. The van der Waals surface area contributed by atoms with Crippen LogP contribution in [-0.2, 0) is 11.2 Å². The molecule has 2 atom stereocenters. The maximum Gasteiger partial charge on any atom is 0.221 e. The predicted octanol–water partition coefficient (Wildman–Crippen LogP) is 2.48. The van der Waals surface area contributed by atoms with Gasteiger partial charge in [-0.3, -0.25) is 4.79 Å². The van der Waals surface area contributed by atoms with Gasteiger partial charge >= 0.3 is 0 Å². The largest absolute Gasteiger partial charge is 0.390 e. The Morgan fingerprint density at radius 2 is 1.96 bits per heavy atom. The van der Waals surface area contributed by atoms with Crippen molar-refractivity contribution in [2.45, 2.75) is 57.1 Å². The van der Waals surface area contributed by atoms with Crippen molar-refractivity contribution in [2.24, 2.45) is 11.1 Å². The third-order valence-corrected chi connectivity index (χ3v) is 5.40. The number of nitrogens with two attached hydrogens (primary N) is 1. The van der Waals surface area contributed by atoms with Gasteiger partial charge in [-0.1, -0.05) is 43.5 Å². The number of hydrogen-bond donors (Lipinski definition) is 3. The number of fused-ring (bicyclic) bond motifs is 1. The Morgan fingerprint density at radius 3 is 2.65 bits per heavy atom. The van der Waals surface area contributed by atoms with Gasteiger partial charge in [-0.2, -0.15) is 0 Å². The molecule has 1 saturated carbocycles. The molecule has 0 bridgehead atoms. The Hall–Kier alpha value is -1.10. The van der Waals surface area contributed by atoms with Crippen molar-refractivity contribution in [1.29, 1.82) is 0 Å². The summed E-state index contributed by atoms with van der Waals surface area (Å²) in [7, 11) is 0. The Kier molecular flexibility index (Phi) is 6.06. The van der Waals surface area contributed by atoms with Crippen LogP contribution < -0.4 is 11.1 Å². The zero-order chi connectivity index (χ0) is 15.6. The predicted molar refractivity (Wildman–Crippen MR) is 93.5 cm³/mol. The monoisotopic (exact) mass is 338 g/mol. The van der Waals surface area contributed by atoms with Gasteiger partial charge in [0.05, 0.1) is 12.1 Å². The van der Waals surface area contributed by atoms with E-state index in [4.69, 9.17) is 5.73 Å². The van der Waals surface area contributed by atoms with Crippen molar-refractivity contribution >= 4 is 18.3 Å². The molecule has 1 amide bonds. The zero-order valence-electron chi connectivity index (χ0n) is 13.5. The topological polar surface area (TPSA) is 75.4 Å². The highest BCUT2D eigenvalue weighted by Crippen LogP contribution is 2.39. The van der Waals surface area contributed by atoms with Gasteiger partial charge in [-0.15, -0.1) is 12.4 Å². The molecule has 2 aliphatic rings. The second-order valence-corrected chi connectivity index (χ2v) is 6.96. The third-order valence-electron chi connectivity index (χ3n) is 5.40. The second kappa shape index (κ2) is 7.65. The molecule has 1 aromatic carbocycles. The first-order valence-electron chi connectivity index (χ1n) is 8.39. The van der Waals surface area contributed by atoms with Crippen LogP contribution in [-0.4, -0.2) is 23.7 Å². The van der Waals surface area contributed by atoms with Crippen LogP contribution >= 0.6 is 12.4 Å². The van der Waals surface area contributed by atoms with Gasteiger partial charge in [0.2, 0.25) is 5.91 Å². The Labute approximate surface area is 144 Å². The van der Waals surface area contributed by atoms with Crippen LogP contribution in [0.4, 0.5) is 0 Å². The van der Waals surface area contributed by atoms with Crippen molar-refractivity contribution in [2.75, 3.05) is 6.54 Å². The number of carbonyl (C=O) groups excluding carboxylic acids is 1. The van der Waals surface area contributed by atoms with Crippen molar-refractivity contribution < 1.29 is 9.90 Å². The summed E-state index contributed by atoms with van der Waals surface area (Å²) < 4.78 is 0. The number of carbonyl (C=O) groups is 1. The maximum absolute atomic E-state index is 12.5. The van der Waals surface area contributed by atoms with Gasteiger partial charge in [0, 0.05) is 12.8 Å². The number of aliphatic hydroxyl groups is 1. The fourth-order valence-corrected chi connectivity index (χ4v) is 4.07. The number of amides is 1. The van der Waals surface area contributed by atoms with Gasteiger partial charge in [-0.25, -0.2) is 0 Å². The molecule has 0 saturated heterocycles. The summed E-state index contributed by atoms with van der Waals surface area (Å²) >= 11 is 0. The first-order valence-corrected chi connectivity index (χ1v) is 8.39. The second-order valence-electron chi connectivity index (χ2n) is 6.96. The molecule has 0 heterocycles. The van der Waals surface area contributed by atoms with Crippen molar-refractivity contribution in [1.82, 2.24) is 5.32 Å². The molecular weight excluding hydrogens is 312 g/mol. The molecule has 0 aromatic heterocycles. The van der Waals surface area contributed by atoms with E-state index in [2.05, 4.69) is 5.32 Å². The lowest BCUT2D eigenvalue weighted by Crippen LogP contribution is -2.41. The number of aliphatic hydroxyl groups excluding tert-OH is 1. The van der Waals surface area contributed by atoms with E-state index in [-0.39, 0.29) is 29.8 Å². The maximum atomic E-state index is 12.5. The van der Waals surface area contributed by atoms with E-state index in [1.165, 1.54) is 19.3 Å². The fraction of sp³-hybridized carbons (Fsp3) is 0.611. The van der Waals surface area contributed by atoms with E-state index in [1.54, 1.807) is 0 Å². The van der Waals surface area contributed by atoms with Crippen molar-refractivity contribution in [3.63, 3.8) is 0 Å². The van der Waals surface area contributed by atoms with Crippen LogP contribution in [0, 0.1) is 5.41 Å². The number of benzene rings is 1. The summed E-state index contributed by atoms with van der Waals surface area (Å²) in [6, 6.07) is 7.67. The minimum Gasteiger partial charge on any atom is -0.390 e. The molecule has 0 unspecified atom stereocenters. The van der Waals surface area contributed by atoms with E-state index < -0.39 is 6.10 Å². The molecule has 0 spiro atoms. The molecule has 1 fully saturated rings. The van der Waals surface area contributed by atoms with E-state index in [1.807, 2.05) is 24.3 Å². The molecule has 1 aromatic rings. The lowest BCUT2D eigenvalue weighted by molar-refractivity contribution is -0.125. The number of halogens is 1. The van der Waals surface area contributed by atoms with Crippen LogP contribution in [0.1, 0.15) is 55.7 Å². The molecule has 23 heavy (non-hydrogen) atoms. The van der Waals surface area contributed by atoms with Gasteiger partial charge < -0.3 is 16.2 Å². The fourth-order valence-electron chi connectivity index (χ4n) is 4.07. The van der Waals surface area contributed by atoms with E-state index in [0.717, 1.165) is 24.0 Å². The minimum absolute atomic E-state index is 0. The van der Waals surface area contributed by atoms with Crippen molar-refractivity contribution in [3.8, 4) is 0 Å². The highest BCUT2D eigenvalue weighted by Gasteiger charge is 2.36. The quantitative estimate of drug-likeness (QED) is 0.789. The van der Waals surface area contributed by atoms with Crippen LogP contribution in [0.15, 0.2) is 24.3 Å². The highest BCUT2D eigenvalue weighted by molar-refractivity contribution is 5.85. The Morgan fingerprint density at radius 1 is 1.26 bits per heavy atom. The normalized spacial score (nSPS) is 25.3. The molecule has 0 aliphatic heterocycles. The molecule has 5 heteroatoms. The summed E-state index contributed by atoms with van der Waals surface area (Å²) in [5.74, 6) is 0.0214.